The summed E-state index contributed by atoms with van der Waals surface area (Å²) < 4.78 is 33.1. The van der Waals surface area contributed by atoms with Crippen LogP contribution < -0.4 is 4.57 Å². The van der Waals surface area contributed by atoms with Crippen LogP contribution in [-0.4, -0.2) is 13.7 Å². The van der Waals surface area contributed by atoms with Gasteiger partial charge < -0.3 is 4.57 Å². The van der Waals surface area contributed by atoms with Gasteiger partial charge in [0.25, 0.3) is 5.82 Å². The number of fused-ring (bicyclic) bond motifs is 3. The molecule has 0 unspecified atom stereocenters. The average molecular weight is 373 g/mol. The zero-order chi connectivity index (χ0) is 22.1. The molecule has 0 amide bonds. The third-order valence-electron chi connectivity index (χ3n) is 5.97. The molecule has 0 N–H and O–H groups in total. The van der Waals surface area contributed by atoms with E-state index in [0.29, 0.717) is 5.56 Å². The van der Waals surface area contributed by atoms with Crippen LogP contribution in [0.4, 0.5) is 0 Å². The highest BCUT2D eigenvalue weighted by atomic mass is 15.3. The molecule has 0 aliphatic rings. The Bertz CT molecular complexity index is 1450. The van der Waals surface area contributed by atoms with Gasteiger partial charge >= 0.3 is 0 Å². The molecule has 0 saturated heterocycles. The van der Waals surface area contributed by atoms with Crippen molar-refractivity contribution in [2.24, 2.45) is 14.1 Å². The van der Waals surface area contributed by atoms with Crippen molar-refractivity contribution in [1.29, 1.82) is 0 Å². The van der Waals surface area contributed by atoms with Crippen molar-refractivity contribution in [2.45, 2.75) is 20.7 Å². The first-order chi connectivity index (χ1) is 14.7. The minimum Gasteiger partial charge on any atom is -0.321 e. The Balaban J connectivity index is 1.93. The maximum atomic E-state index is 8.19. The Labute approximate surface area is 169 Å². The van der Waals surface area contributed by atoms with Gasteiger partial charge in [-0.25, -0.2) is 13.7 Å². The van der Waals surface area contributed by atoms with Crippen molar-refractivity contribution in [1.82, 2.24) is 13.7 Å². The number of rotatable bonds is 2. The van der Waals surface area contributed by atoms with Gasteiger partial charge in [0.2, 0.25) is 5.82 Å². The van der Waals surface area contributed by atoms with E-state index in [0.717, 1.165) is 45.0 Å². The van der Waals surface area contributed by atoms with Crippen LogP contribution in [-0.2, 0) is 14.1 Å². The van der Waals surface area contributed by atoms with Gasteiger partial charge in [-0.1, -0.05) is 36.4 Å². The maximum Gasteiger partial charge on any atom is 0.267 e. The molecule has 2 aromatic carbocycles. The summed E-state index contributed by atoms with van der Waals surface area (Å²) in [5.41, 5.74) is 4.18. The molecule has 0 radical (unpaired) electrons. The van der Waals surface area contributed by atoms with E-state index in [2.05, 4.69) is 45.0 Å². The van der Waals surface area contributed by atoms with Crippen molar-refractivity contribution < 1.29 is 8.68 Å². The second-order valence-electron chi connectivity index (χ2n) is 7.37. The van der Waals surface area contributed by atoms with Crippen molar-refractivity contribution in [3.63, 3.8) is 0 Å². The molecule has 0 fully saturated rings. The fourth-order valence-electron chi connectivity index (χ4n) is 4.21. The Morgan fingerprint density at radius 2 is 1.68 bits per heavy atom. The molecule has 0 bridgehead atoms. The van der Waals surface area contributed by atoms with Gasteiger partial charge in [-0.2, -0.15) is 0 Å². The normalized spacial score (nSPS) is 13.8. The zero-order valence-electron chi connectivity index (χ0n) is 19.6. The minimum absolute atomic E-state index is 0.432. The summed E-state index contributed by atoms with van der Waals surface area (Å²) in [4.78, 5) is 0. The first-order valence-corrected chi connectivity index (χ1v) is 9.44. The van der Waals surface area contributed by atoms with Crippen molar-refractivity contribution >= 4 is 21.9 Å². The number of aryl methyl sites for hydroxylation is 2. The average Bonchev–Trinajstić information content (AvgIpc) is 3.31. The standard InChI is InChI=1S/C24H25N4/c1-16-17(2)25(4)24-23(16)20-13-9-10-14-21(20)28(24)22-15-27(18(3)26(22)5)19-11-7-6-8-12-19/h6-15H,1-5H3/q+1/i1D3. The van der Waals surface area contributed by atoms with Gasteiger partial charge in [-0.3, -0.25) is 0 Å². The largest absolute Gasteiger partial charge is 0.321 e. The number of hydrogen-bond donors (Lipinski definition) is 0. The molecule has 0 saturated carbocycles. The molecule has 5 aromatic rings. The molecule has 4 heteroatoms. The van der Waals surface area contributed by atoms with E-state index in [-0.39, 0.29) is 0 Å². The van der Waals surface area contributed by atoms with E-state index in [9.17, 15) is 0 Å². The first kappa shape index (κ1) is 13.8. The fourth-order valence-corrected chi connectivity index (χ4v) is 4.21. The Hall–Kier alpha value is -3.27. The van der Waals surface area contributed by atoms with Gasteiger partial charge in [0.15, 0.2) is 5.65 Å². The summed E-state index contributed by atoms with van der Waals surface area (Å²) in [7, 11) is 3.99. The highest BCUT2D eigenvalue weighted by molar-refractivity contribution is 6.10. The number of para-hydroxylation sites is 2. The zero-order valence-corrected chi connectivity index (χ0v) is 16.6. The van der Waals surface area contributed by atoms with E-state index in [4.69, 9.17) is 4.11 Å². The Morgan fingerprint density at radius 3 is 2.43 bits per heavy atom. The lowest BCUT2D eigenvalue weighted by molar-refractivity contribution is -0.671. The summed E-state index contributed by atoms with van der Waals surface area (Å²) in [6, 6.07) is 18.3. The van der Waals surface area contributed by atoms with Gasteiger partial charge in [-0.05, 0) is 37.5 Å². The quantitative estimate of drug-likeness (QED) is 0.401. The van der Waals surface area contributed by atoms with Crippen LogP contribution >= 0.6 is 0 Å². The van der Waals surface area contributed by atoms with Gasteiger partial charge in [0, 0.05) is 34.6 Å². The molecule has 140 valence electrons. The predicted molar refractivity (Wildman–Crippen MR) is 114 cm³/mol. The topological polar surface area (TPSA) is 18.7 Å². The predicted octanol–water partition coefficient (Wildman–Crippen LogP) is 4.66. The molecule has 5 rings (SSSR count). The van der Waals surface area contributed by atoms with Crippen LogP contribution in [0, 0.1) is 20.7 Å². The van der Waals surface area contributed by atoms with Gasteiger partial charge in [-0.15, -0.1) is 0 Å². The summed E-state index contributed by atoms with van der Waals surface area (Å²) in [6.45, 7) is 1.79. The van der Waals surface area contributed by atoms with E-state index in [1.54, 1.807) is 0 Å². The lowest BCUT2D eigenvalue weighted by atomic mass is 10.1. The Kier molecular flexibility index (Phi) is 2.90. The van der Waals surface area contributed by atoms with Crippen LogP contribution in [0.25, 0.3) is 33.4 Å². The number of aromatic nitrogens is 4. The maximum absolute atomic E-state index is 8.19. The molecule has 0 aliphatic carbocycles. The minimum atomic E-state index is -2.19. The highest BCUT2D eigenvalue weighted by Gasteiger charge is 2.27. The molecule has 0 aliphatic heterocycles. The first-order valence-electron chi connectivity index (χ1n) is 10.9. The summed E-state index contributed by atoms with van der Waals surface area (Å²) in [6.07, 6.45) is 2.12. The Morgan fingerprint density at radius 1 is 0.964 bits per heavy atom. The lowest BCUT2D eigenvalue weighted by Gasteiger charge is -2.04. The van der Waals surface area contributed by atoms with Crippen molar-refractivity contribution in [3.8, 4) is 11.5 Å². The SMILES string of the molecule is [2H]C([2H])([2H])c1c(C)n(C)c2c1c1ccccc1n2-c1cn(-c2ccccc2)c(C)[n+]1C. The third-order valence-corrected chi connectivity index (χ3v) is 5.97. The number of nitrogens with zero attached hydrogens (tertiary/aromatic N) is 4. The molecular formula is C24H25N4+. The molecular weight excluding hydrogens is 344 g/mol. The molecule has 4 nitrogen and oxygen atoms in total. The van der Waals surface area contributed by atoms with Crippen molar-refractivity contribution in [3.05, 3.63) is 77.9 Å². The second-order valence-corrected chi connectivity index (χ2v) is 7.37. The van der Waals surface area contributed by atoms with Crippen LogP contribution in [0.5, 0.6) is 0 Å². The third kappa shape index (κ3) is 2.09. The van der Waals surface area contributed by atoms with Crippen molar-refractivity contribution in [2.75, 3.05) is 0 Å². The summed E-state index contributed by atoms with van der Waals surface area (Å²) >= 11 is 0. The fraction of sp³-hybridized carbons (Fsp3) is 0.208. The molecule has 28 heavy (non-hydrogen) atoms. The number of hydrogen-bond acceptors (Lipinski definition) is 0. The number of imidazole rings is 1. The lowest BCUT2D eigenvalue weighted by Crippen LogP contribution is -2.35. The van der Waals surface area contributed by atoms with E-state index < -0.39 is 6.85 Å². The highest BCUT2D eigenvalue weighted by Crippen LogP contribution is 2.36. The molecule has 0 atom stereocenters. The summed E-state index contributed by atoms with van der Waals surface area (Å²) in [5, 5.41) is 1.76. The van der Waals surface area contributed by atoms with Crippen LogP contribution in [0.3, 0.4) is 0 Å². The molecule has 0 spiro atoms. The molecule has 3 aromatic heterocycles. The monoisotopic (exact) mass is 372 g/mol. The van der Waals surface area contributed by atoms with Crippen LogP contribution in [0.15, 0.2) is 60.8 Å². The summed E-state index contributed by atoms with van der Waals surface area (Å²) in [5.74, 6) is 2.05. The van der Waals surface area contributed by atoms with Gasteiger partial charge in [0.1, 0.15) is 17.4 Å². The van der Waals surface area contributed by atoms with E-state index in [1.807, 2.05) is 62.0 Å². The van der Waals surface area contributed by atoms with E-state index >= 15 is 0 Å². The number of benzene rings is 2. The van der Waals surface area contributed by atoms with Crippen LogP contribution in [0.2, 0.25) is 0 Å². The van der Waals surface area contributed by atoms with Crippen LogP contribution in [0.1, 0.15) is 21.2 Å². The molecule has 3 heterocycles. The van der Waals surface area contributed by atoms with E-state index in [1.165, 1.54) is 0 Å². The second kappa shape index (κ2) is 5.86. The smallest absolute Gasteiger partial charge is 0.267 e. The van der Waals surface area contributed by atoms with Gasteiger partial charge in [0.05, 0.1) is 7.05 Å².